The SMILES string of the molecule is CCCc1nc2cc(N)ccc2n1C1CCCOC1. The van der Waals surface area contributed by atoms with Gasteiger partial charge in [-0.1, -0.05) is 6.92 Å². The van der Waals surface area contributed by atoms with Crippen LogP contribution in [0, 0.1) is 0 Å². The highest BCUT2D eigenvalue weighted by Gasteiger charge is 2.21. The van der Waals surface area contributed by atoms with Crippen LogP contribution in [-0.2, 0) is 11.2 Å². The number of nitrogens with zero attached hydrogens (tertiary/aromatic N) is 2. The number of rotatable bonds is 3. The van der Waals surface area contributed by atoms with E-state index in [1.165, 1.54) is 17.8 Å². The van der Waals surface area contributed by atoms with E-state index in [9.17, 15) is 0 Å². The summed E-state index contributed by atoms with van der Waals surface area (Å²) in [5.41, 5.74) is 8.84. The van der Waals surface area contributed by atoms with E-state index < -0.39 is 0 Å². The van der Waals surface area contributed by atoms with Gasteiger partial charge >= 0.3 is 0 Å². The van der Waals surface area contributed by atoms with Crippen molar-refractivity contribution in [2.75, 3.05) is 18.9 Å². The number of nitrogens with two attached hydrogens (primary N) is 1. The van der Waals surface area contributed by atoms with Crippen LogP contribution in [-0.4, -0.2) is 22.8 Å². The largest absolute Gasteiger partial charge is 0.399 e. The van der Waals surface area contributed by atoms with Crippen LogP contribution in [0.4, 0.5) is 5.69 Å². The molecular formula is C15H21N3O. The lowest BCUT2D eigenvalue weighted by atomic mass is 10.1. The van der Waals surface area contributed by atoms with Gasteiger partial charge in [-0.25, -0.2) is 4.98 Å². The molecule has 102 valence electrons. The summed E-state index contributed by atoms with van der Waals surface area (Å²) in [5.74, 6) is 1.17. The number of aryl methyl sites for hydroxylation is 1. The van der Waals surface area contributed by atoms with Crippen molar-refractivity contribution in [3.05, 3.63) is 24.0 Å². The molecular weight excluding hydrogens is 238 g/mol. The van der Waals surface area contributed by atoms with E-state index in [2.05, 4.69) is 17.6 Å². The maximum Gasteiger partial charge on any atom is 0.110 e. The fourth-order valence-corrected chi connectivity index (χ4v) is 2.90. The highest BCUT2D eigenvalue weighted by Crippen LogP contribution is 2.28. The molecule has 1 aliphatic rings. The fourth-order valence-electron chi connectivity index (χ4n) is 2.90. The van der Waals surface area contributed by atoms with Gasteiger partial charge in [0.05, 0.1) is 23.7 Å². The van der Waals surface area contributed by atoms with Crippen molar-refractivity contribution in [1.82, 2.24) is 9.55 Å². The smallest absolute Gasteiger partial charge is 0.110 e. The molecule has 4 heteroatoms. The predicted molar refractivity (Wildman–Crippen MR) is 77.2 cm³/mol. The molecule has 2 heterocycles. The molecule has 2 N–H and O–H groups in total. The van der Waals surface area contributed by atoms with Crippen molar-refractivity contribution in [3.63, 3.8) is 0 Å². The maximum absolute atomic E-state index is 5.86. The van der Waals surface area contributed by atoms with Crippen molar-refractivity contribution >= 4 is 16.7 Å². The summed E-state index contributed by atoms with van der Waals surface area (Å²) in [7, 11) is 0. The number of nitrogen functional groups attached to an aromatic ring is 1. The van der Waals surface area contributed by atoms with E-state index in [0.29, 0.717) is 6.04 Å². The van der Waals surface area contributed by atoms with E-state index in [-0.39, 0.29) is 0 Å². The van der Waals surface area contributed by atoms with Crippen molar-refractivity contribution in [2.45, 2.75) is 38.6 Å². The monoisotopic (exact) mass is 259 g/mol. The minimum atomic E-state index is 0.420. The Morgan fingerprint density at radius 2 is 2.37 bits per heavy atom. The Labute approximate surface area is 113 Å². The zero-order valence-corrected chi connectivity index (χ0v) is 11.4. The number of benzene rings is 1. The maximum atomic E-state index is 5.86. The van der Waals surface area contributed by atoms with Crippen molar-refractivity contribution < 1.29 is 4.74 Å². The van der Waals surface area contributed by atoms with Gasteiger partial charge in [0.25, 0.3) is 0 Å². The molecule has 1 atom stereocenters. The van der Waals surface area contributed by atoms with Gasteiger partial charge < -0.3 is 15.0 Å². The molecule has 0 radical (unpaired) electrons. The quantitative estimate of drug-likeness (QED) is 0.862. The highest BCUT2D eigenvalue weighted by molar-refractivity contribution is 5.79. The molecule has 0 amide bonds. The summed E-state index contributed by atoms with van der Waals surface area (Å²) in [5, 5.41) is 0. The molecule has 1 aromatic carbocycles. The number of hydrogen-bond acceptors (Lipinski definition) is 3. The average molecular weight is 259 g/mol. The zero-order valence-electron chi connectivity index (χ0n) is 11.4. The Balaban J connectivity index is 2.09. The van der Waals surface area contributed by atoms with Gasteiger partial charge in [0.15, 0.2) is 0 Å². The first kappa shape index (κ1) is 12.5. The van der Waals surface area contributed by atoms with Crippen molar-refractivity contribution in [3.8, 4) is 0 Å². The first-order chi connectivity index (χ1) is 9.29. The molecule has 0 aliphatic carbocycles. The number of ether oxygens (including phenoxy) is 1. The van der Waals surface area contributed by atoms with Crippen LogP contribution in [0.3, 0.4) is 0 Å². The summed E-state index contributed by atoms with van der Waals surface area (Å²) in [4.78, 5) is 4.77. The first-order valence-electron chi connectivity index (χ1n) is 7.13. The predicted octanol–water partition coefficient (Wildman–Crippen LogP) is 2.92. The standard InChI is InChI=1S/C15H21N3O/c1-2-4-15-17-13-9-11(16)6-7-14(13)18(15)12-5-3-8-19-10-12/h6-7,9,12H,2-5,8,10,16H2,1H3. The topological polar surface area (TPSA) is 53.1 Å². The summed E-state index contributed by atoms with van der Waals surface area (Å²) < 4.78 is 8.01. The third-order valence-corrected chi connectivity index (χ3v) is 3.76. The lowest BCUT2D eigenvalue weighted by Gasteiger charge is -2.25. The second kappa shape index (κ2) is 5.21. The molecule has 0 bridgehead atoms. The van der Waals surface area contributed by atoms with Crippen LogP contribution in [0.15, 0.2) is 18.2 Å². The van der Waals surface area contributed by atoms with Crippen molar-refractivity contribution in [2.24, 2.45) is 0 Å². The fraction of sp³-hybridized carbons (Fsp3) is 0.533. The second-order valence-electron chi connectivity index (χ2n) is 5.27. The summed E-state index contributed by atoms with van der Waals surface area (Å²) in [6.45, 7) is 3.88. The number of aromatic nitrogens is 2. The number of imidazole rings is 1. The Kier molecular flexibility index (Phi) is 3.42. The van der Waals surface area contributed by atoms with E-state index >= 15 is 0 Å². The van der Waals surface area contributed by atoms with Crippen LogP contribution >= 0.6 is 0 Å². The third-order valence-electron chi connectivity index (χ3n) is 3.76. The third kappa shape index (κ3) is 2.32. The molecule has 0 spiro atoms. The van der Waals surface area contributed by atoms with Crippen molar-refractivity contribution in [1.29, 1.82) is 0 Å². The van der Waals surface area contributed by atoms with Crippen LogP contribution in [0.1, 0.15) is 38.1 Å². The Bertz CT molecular complexity index is 570. The van der Waals surface area contributed by atoms with Crippen LogP contribution in [0.5, 0.6) is 0 Å². The van der Waals surface area contributed by atoms with E-state index in [0.717, 1.165) is 43.7 Å². The van der Waals surface area contributed by atoms with E-state index in [4.69, 9.17) is 15.5 Å². The van der Waals surface area contributed by atoms with Gasteiger partial charge in [-0.2, -0.15) is 0 Å². The molecule has 0 saturated carbocycles. The van der Waals surface area contributed by atoms with Gasteiger partial charge in [0.1, 0.15) is 5.82 Å². The average Bonchev–Trinajstić information content (AvgIpc) is 2.77. The minimum Gasteiger partial charge on any atom is -0.399 e. The zero-order chi connectivity index (χ0) is 13.2. The summed E-state index contributed by atoms with van der Waals surface area (Å²) >= 11 is 0. The van der Waals surface area contributed by atoms with Crippen LogP contribution in [0.2, 0.25) is 0 Å². The molecule has 1 aliphatic heterocycles. The van der Waals surface area contributed by atoms with Crippen LogP contribution < -0.4 is 5.73 Å². The van der Waals surface area contributed by atoms with Gasteiger partial charge in [-0.15, -0.1) is 0 Å². The molecule has 1 aromatic heterocycles. The molecule has 1 fully saturated rings. The summed E-state index contributed by atoms with van der Waals surface area (Å²) in [6.07, 6.45) is 4.41. The highest BCUT2D eigenvalue weighted by atomic mass is 16.5. The molecule has 1 saturated heterocycles. The molecule has 4 nitrogen and oxygen atoms in total. The molecule has 2 aromatic rings. The second-order valence-corrected chi connectivity index (χ2v) is 5.27. The van der Waals surface area contributed by atoms with Crippen LogP contribution in [0.25, 0.3) is 11.0 Å². The number of hydrogen-bond donors (Lipinski definition) is 1. The Morgan fingerprint density at radius 1 is 1.47 bits per heavy atom. The van der Waals surface area contributed by atoms with E-state index in [1.807, 2.05) is 12.1 Å². The van der Waals surface area contributed by atoms with E-state index in [1.54, 1.807) is 0 Å². The van der Waals surface area contributed by atoms with Gasteiger partial charge in [0.2, 0.25) is 0 Å². The van der Waals surface area contributed by atoms with Gasteiger partial charge in [-0.05, 0) is 37.5 Å². The minimum absolute atomic E-state index is 0.420. The molecule has 19 heavy (non-hydrogen) atoms. The van der Waals surface area contributed by atoms with Gasteiger partial charge in [0, 0.05) is 18.7 Å². The lowest BCUT2D eigenvalue weighted by molar-refractivity contribution is 0.0595. The molecule has 1 unspecified atom stereocenters. The van der Waals surface area contributed by atoms with Gasteiger partial charge in [-0.3, -0.25) is 0 Å². The normalized spacial score (nSPS) is 19.9. The first-order valence-corrected chi connectivity index (χ1v) is 7.13. The lowest BCUT2D eigenvalue weighted by Crippen LogP contribution is -2.22. The Hall–Kier alpha value is -1.55. The summed E-state index contributed by atoms with van der Waals surface area (Å²) in [6, 6.07) is 6.43. The molecule has 3 rings (SSSR count). The number of anilines is 1. The Morgan fingerprint density at radius 3 is 3.11 bits per heavy atom. The number of fused-ring (bicyclic) bond motifs is 1.